The van der Waals surface area contributed by atoms with E-state index in [-0.39, 0.29) is 17.9 Å². The van der Waals surface area contributed by atoms with Crippen LogP contribution in [-0.2, 0) is 11.2 Å². The molecule has 1 aliphatic heterocycles. The van der Waals surface area contributed by atoms with Gasteiger partial charge in [-0.2, -0.15) is 11.8 Å². The van der Waals surface area contributed by atoms with Crippen molar-refractivity contribution in [3.63, 3.8) is 0 Å². The summed E-state index contributed by atoms with van der Waals surface area (Å²) < 4.78 is 0. The molecule has 2 unspecified atom stereocenters. The first-order valence-electron chi connectivity index (χ1n) is 8.66. The number of amides is 1. The van der Waals surface area contributed by atoms with Crippen LogP contribution in [0.5, 0.6) is 0 Å². The molecule has 1 saturated carbocycles. The summed E-state index contributed by atoms with van der Waals surface area (Å²) in [5, 5.41) is 3.03. The van der Waals surface area contributed by atoms with Crippen LogP contribution >= 0.6 is 11.8 Å². The van der Waals surface area contributed by atoms with E-state index >= 15 is 0 Å². The van der Waals surface area contributed by atoms with Gasteiger partial charge in [-0.3, -0.25) is 4.79 Å². The van der Waals surface area contributed by atoms with Crippen LogP contribution in [0.3, 0.4) is 0 Å². The number of nitrogens with two attached hydrogens (primary N) is 1. The molecule has 0 radical (unpaired) electrons. The molecule has 2 fully saturated rings. The lowest BCUT2D eigenvalue weighted by Gasteiger charge is -2.26. The van der Waals surface area contributed by atoms with Crippen molar-refractivity contribution in [3.8, 4) is 0 Å². The maximum Gasteiger partial charge on any atom is 0.227 e. The Kier molecular flexibility index (Phi) is 5.97. The molecule has 1 saturated heterocycles. The topological polar surface area (TPSA) is 58.4 Å². The quantitative estimate of drug-likeness (QED) is 0.868. The number of anilines is 1. The Morgan fingerprint density at radius 2 is 1.96 bits per heavy atom. The number of benzene rings is 1. The number of rotatable bonds is 5. The molecule has 23 heavy (non-hydrogen) atoms. The summed E-state index contributed by atoms with van der Waals surface area (Å²) in [6.45, 7) is 3.55. The molecule has 0 spiro atoms. The van der Waals surface area contributed by atoms with Gasteiger partial charge < -0.3 is 16.0 Å². The largest absolute Gasteiger partial charge is 0.328 e. The molecule has 3 N–H and O–H groups in total. The third-order valence-electron chi connectivity index (χ3n) is 4.89. The molecule has 1 aliphatic carbocycles. The SMILES string of the molecule is NC1CCC(C(=O)Nc2ccc(CCN3CCSCC3)cc2)C1. The van der Waals surface area contributed by atoms with E-state index in [2.05, 4.69) is 22.3 Å². The average molecular weight is 334 g/mol. The second-order valence-corrected chi connectivity index (χ2v) is 7.88. The molecular weight excluding hydrogens is 306 g/mol. The van der Waals surface area contributed by atoms with Crippen molar-refractivity contribution in [2.24, 2.45) is 11.7 Å². The molecule has 0 aromatic heterocycles. The van der Waals surface area contributed by atoms with E-state index in [0.29, 0.717) is 0 Å². The molecule has 1 amide bonds. The molecule has 2 aliphatic rings. The van der Waals surface area contributed by atoms with Gasteiger partial charge >= 0.3 is 0 Å². The Bertz CT molecular complexity index is 514. The van der Waals surface area contributed by atoms with Gasteiger partial charge in [-0.15, -0.1) is 0 Å². The molecule has 1 aromatic carbocycles. The molecule has 2 atom stereocenters. The van der Waals surface area contributed by atoms with Gasteiger partial charge in [0.05, 0.1) is 0 Å². The van der Waals surface area contributed by atoms with Crippen molar-refractivity contribution in [1.29, 1.82) is 0 Å². The van der Waals surface area contributed by atoms with Crippen molar-refractivity contribution >= 4 is 23.4 Å². The van der Waals surface area contributed by atoms with Gasteiger partial charge in [0.2, 0.25) is 5.91 Å². The zero-order chi connectivity index (χ0) is 16.1. The van der Waals surface area contributed by atoms with E-state index in [4.69, 9.17) is 5.73 Å². The van der Waals surface area contributed by atoms with E-state index in [1.807, 2.05) is 23.9 Å². The predicted molar refractivity (Wildman–Crippen MR) is 97.9 cm³/mol. The third-order valence-corrected chi connectivity index (χ3v) is 5.83. The van der Waals surface area contributed by atoms with Gasteiger partial charge in [-0.1, -0.05) is 12.1 Å². The van der Waals surface area contributed by atoms with Crippen molar-refractivity contribution in [2.75, 3.05) is 36.5 Å². The van der Waals surface area contributed by atoms with Gasteiger partial charge in [0.25, 0.3) is 0 Å². The summed E-state index contributed by atoms with van der Waals surface area (Å²) in [6, 6.07) is 8.51. The molecule has 4 nitrogen and oxygen atoms in total. The third kappa shape index (κ3) is 4.96. The maximum absolute atomic E-state index is 12.2. The summed E-state index contributed by atoms with van der Waals surface area (Å²) in [5.41, 5.74) is 8.12. The first kappa shape index (κ1) is 16.8. The minimum absolute atomic E-state index is 0.0849. The van der Waals surface area contributed by atoms with E-state index in [9.17, 15) is 4.79 Å². The van der Waals surface area contributed by atoms with Crippen LogP contribution in [0.15, 0.2) is 24.3 Å². The minimum Gasteiger partial charge on any atom is -0.328 e. The number of hydrogen-bond donors (Lipinski definition) is 2. The first-order chi connectivity index (χ1) is 11.2. The van der Waals surface area contributed by atoms with Crippen LogP contribution in [0.4, 0.5) is 5.69 Å². The lowest BCUT2D eigenvalue weighted by Crippen LogP contribution is -2.34. The molecule has 1 aromatic rings. The number of hydrogen-bond acceptors (Lipinski definition) is 4. The molecular formula is C18H27N3OS. The van der Waals surface area contributed by atoms with Gasteiger partial charge in [0.15, 0.2) is 0 Å². The summed E-state index contributed by atoms with van der Waals surface area (Å²) in [6.07, 6.45) is 3.78. The second-order valence-electron chi connectivity index (χ2n) is 6.66. The van der Waals surface area contributed by atoms with Crippen LogP contribution in [-0.4, -0.2) is 48.0 Å². The van der Waals surface area contributed by atoms with Crippen molar-refractivity contribution in [3.05, 3.63) is 29.8 Å². The number of nitrogens with zero attached hydrogens (tertiary/aromatic N) is 1. The Labute approximate surface area is 143 Å². The average Bonchev–Trinajstić information content (AvgIpc) is 3.02. The summed E-state index contributed by atoms with van der Waals surface area (Å²) in [4.78, 5) is 14.7. The molecule has 1 heterocycles. The van der Waals surface area contributed by atoms with Crippen LogP contribution in [0.1, 0.15) is 24.8 Å². The highest BCUT2D eigenvalue weighted by molar-refractivity contribution is 7.99. The van der Waals surface area contributed by atoms with Crippen LogP contribution in [0.25, 0.3) is 0 Å². The fourth-order valence-corrected chi connectivity index (χ4v) is 4.34. The minimum atomic E-state index is 0.0849. The van der Waals surface area contributed by atoms with Crippen molar-refractivity contribution < 1.29 is 4.79 Å². The number of carbonyl (C=O) groups is 1. The Balaban J connectivity index is 1.45. The Morgan fingerprint density at radius 1 is 1.22 bits per heavy atom. The van der Waals surface area contributed by atoms with Gasteiger partial charge in [-0.25, -0.2) is 0 Å². The lowest BCUT2D eigenvalue weighted by molar-refractivity contribution is -0.119. The zero-order valence-corrected chi connectivity index (χ0v) is 14.5. The Hall–Kier alpha value is -1.04. The molecule has 5 heteroatoms. The number of thioether (sulfide) groups is 1. The van der Waals surface area contributed by atoms with E-state index in [1.54, 1.807) is 0 Å². The smallest absolute Gasteiger partial charge is 0.227 e. The van der Waals surface area contributed by atoms with Gasteiger partial charge in [0.1, 0.15) is 0 Å². The van der Waals surface area contributed by atoms with Crippen LogP contribution in [0, 0.1) is 5.92 Å². The summed E-state index contributed by atoms with van der Waals surface area (Å²) >= 11 is 2.05. The highest BCUT2D eigenvalue weighted by atomic mass is 32.2. The fraction of sp³-hybridized carbons (Fsp3) is 0.611. The number of carbonyl (C=O) groups excluding carboxylic acids is 1. The van der Waals surface area contributed by atoms with Crippen LogP contribution < -0.4 is 11.1 Å². The van der Waals surface area contributed by atoms with Gasteiger partial charge in [-0.05, 0) is 43.4 Å². The highest BCUT2D eigenvalue weighted by Gasteiger charge is 2.27. The zero-order valence-electron chi connectivity index (χ0n) is 13.7. The number of nitrogens with one attached hydrogen (secondary N) is 1. The lowest BCUT2D eigenvalue weighted by atomic mass is 10.1. The summed E-state index contributed by atoms with van der Waals surface area (Å²) in [7, 11) is 0. The van der Waals surface area contributed by atoms with E-state index in [1.165, 1.54) is 30.2 Å². The molecule has 126 valence electrons. The van der Waals surface area contributed by atoms with Crippen molar-refractivity contribution in [2.45, 2.75) is 31.7 Å². The second kappa shape index (κ2) is 8.18. The predicted octanol–water partition coefficient (Wildman–Crippen LogP) is 2.34. The standard InChI is InChI=1S/C18H27N3OS/c19-16-4-3-15(13-16)18(22)20-17-5-1-14(2-6-17)7-8-21-9-11-23-12-10-21/h1-2,5-6,15-16H,3-4,7-13,19H2,(H,20,22). The molecule has 3 rings (SSSR count). The van der Waals surface area contributed by atoms with Crippen molar-refractivity contribution in [1.82, 2.24) is 4.90 Å². The summed E-state index contributed by atoms with van der Waals surface area (Å²) in [5.74, 6) is 2.73. The molecule has 0 bridgehead atoms. The first-order valence-corrected chi connectivity index (χ1v) is 9.81. The van der Waals surface area contributed by atoms with Gasteiger partial charge in [0, 0.05) is 48.8 Å². The maximum atomic E-state index is 12.2. The van der Waals surface area contributed by atoms with Crippen LogP contribution in [0.2, 0.25) is 0 Å². The fourth-order valence-electron chi connectivity index (χ4n) is 3.37. The highest BCUT2D eigenvalue weighted by Crippen LogP contribution is 2.25. The van der Waals surface area contributed by atoms with E-state index in [0.717, 1.165) is 37.9 Å². The monoisotopic (exact) mass is 333 g/mol. The van der Waals surface area contributed by atoms with E-state index < -0.39 is 0 Å². The normalized spacial score (nSPS) is 25.4. The Morgan fingerprint density at radius 3 is 2.61 bits per heavy atom.